The van der Waals surface area contributed by atoms with Crippen molar-refractivity contribution in [3.63, 3.8) is 0 Å². The fourth-order valence-electron chi connectivity index (χ4n) is 2.33. The quantitative estimate of drug-likeness (QED) is 0.434. The molecule has 0 fully saturated rings. The van der Waals surface area contributed by atoms with Crippen molar-refractivity contribution in [2.24, 2.45) is 0 Å². The lowest BCUT2D eigenvalue weighted by Crippen LogP contribution is -2.52. The van der Waals surface area contributed by atoms with E-state index in [1.54, 1.807) is 26.0 Å². The van der Waals surface area contributed by atoms with Crippen molar-refractivity contribution in [3.05, 3.63) is 71.3 Å². The SMILES string of the molecule is C\C=C/C(C)=C\C=C\C(c1cccc(C)c1)(C(F)(F)F)C(F)(F)F. The van der Waals surface area contributed by atoms with Crippen LogP contribution >= 0.6 is 0 Å². The summed E-state index contributed by atoms with van der Waals surface area (Å²) in [6.45, 7) is 4.73. The lowest BCUT2D eigenvalue weighted by atomic mass is 9.78. The molecule has 0 aromatic heterocycles. The third-order valence-corrected chi connectivity index (χ3v) is 3.50. The van der Waals surface area contributed by atoms with E-state index < -0.39 is 23.3 Å². The zero-order chi connectivity index (χ0) is 18.6. The Balaban J connectivity index is 3.62. The molecule has 0 heterocycles. The molecule has 0 N–H and O–H groups in total. The molecule has 0 spiro atoms. The lowest BCUT2D eigenvalue weighted by Gasteiger charge is -2.35. The molecule has 132 valence electrons. The zero-order valence-electron chi connectivity index (χ0n) is 13.5. The van der Waals surface area contributed by atoms with Gasteiger partial charge in [-0.3, -0.25) is 0 Å². The maximum atomic E-state index is 13.6. The average molecular weight is 348 g/mol. The number of allylic oxidation sites excluding steroid dienone is 6. The maximum Gasteiger partial charge on any atom is 0.410 e. The summed E-state index contributed by atoms with van der Waals surface area (Å²) in [6.07, 6.45) is -5.65. The fraction of sp³-hybridized carbons (Fsp3) is 0.333. The first kappa shape index (κ1) is 20.1. The van der Waals surface area contributed by atoms with Crippen molar-refractivity contribution in [2.45, 2.75) is 38.5 Å². The molecule has 1 rings (SSSR count). The number of rotatable bonds is 4. The number of aryl methyl sites for hydroxylation is 1. The highest BCUT2D eigenvalue weighted by molar-refractivity contribution is 5.39. The third kappa shape index (κ3) is 4.10. The van der Waals surface area contributed by atoms with Crippen LogP contribution in [0.2, 0.25) is 0 Å². The first-order valence-electron chi connectivity index (χ1n) is 7.15. The molecule has 0 aliphatic carbocycles. The van der Waals surface area contributed by atoms with Crippen LogP contribution in [0.5, 0.6) is 0 Å². The first-order valence-corrected chi connectivity index (χ1v) is 7.15. The summed E-state index contributed by atoms with van der Waals surface area (Å²) >= 11 is 0. The highest BCUT2D eigenvalue weighted by atomic mass is 19.4. The Hall–Kier alpha value is -1.98. The Morgan fingerprint density at radius 1 is 1.00 bits per heavy atom. The van der Waals surface area contributed by atoms with Crippen LogP contribution < -0.4 is 0 Å². The summed E-state index contributed by atoms with van der Waals surface area (Å²) in [4.78, 5) is 0. The van der Waals surface area contributed by atoms with E-state index in [4.69, 9.17) is 0 Å². The van der Waals surface area contributed by atoms with Crippen LogP contribution in [0.15, 0.2) is 60.2 Å². The third-order valence-electron chi connectivity index (χ3n) is 3.50. The van der Waals surface area contributed by atoms with Gasteiger partial charge in [-0.1, -0.05) is 65.8 Å². The van der Waals surface area contributed by atoms with Gasteiger partial charge in [0.15, 0.2) is 0 Å². The molecule has 6 heteroatoms. The van der Waals surface area contributed by atoms with E-state index in [0.717, 1.165) is 18.2 Å². The number of halogens is 6. The highest BCUT2D eigenvalue weighted by Crippen LogP contribution is 2.53. The van der Waals surface area contributed by atoms with Crippen molar-refractivity contribution >= 4 is 0 Å². The second-order valence-electron chi connectivity index (χ2n) is 5.44. The number of hydrogen-bond donors (Lipinski definition) is 0. The number of hydrogen-bond acceptors (Lipinski definition) is 0. The van der Waals surface area contributed by atoms with Gasteiger partial charge in [-0.05, 0) is 26.3 Å². The molecule has 24 heavy (non-hydrogen) atoms. The van der Waals surface area contributed by atoms with Crippen molar-refractivity contribution in [2.75, 3.05) is 0 Å². The predicted molar refractivity (Wildman–Crippen MR) is 82.7 cm³/mol. The zero-order valence-corrected chi connectivity index (χ0v) is 13.5. The summed E-state index contributed by atoms with van der Waals surface area (Å²) in [5.41, 5.74) is -4.05. The molecule has 0 nitrogen and oxygen atoms in total. The molecule has 1 aromatic carbocycles. The average Bonchev–Trinajstić information content (AvgIpc) is 2.41. The molecule has 0 saturated carbocycles. The van der Waals surface area contributed by atoms with E-state index in [0.29, 0.717) is 11.1 Å². The van der Waals surface area contributed by atoms with Crippen LogP contribution in [0, 0.1) is 6.92 Å². The van der Waals surface area contributed by atoms with E-state index >= 15 is 0 Å². The molecule has 0 atom stereocenters. The molecular formula is C18H18F6. The maximum absolute atomic E-state index is 13.6. The molecule has 0 amide bonds. The standard InChI is InChI=1S/C18H18F6/c1-4-7-13(2)9-6-11-16(17(19,20)21,18(22,23)24)15-10-5-8-14(3)12-15/h4-12H,1-3H3/b7-4-,11-6+,13-9-. The van der Waals surface area contributed by atoms with Crippen molar-refractivity contribution in [1.29, 1.82) is 0 Å². The Morgan fingerprint density at radius 3 is 2.04 bits per heavy atom. The van der Waals surface area contributed by atoms with Crippen LogP contribution in [0.25, 0.3) is 0 Å². The van der Waals surface area contributed by atoms with E-state index in [2.05, 4.69) is 0 Å². The molecule has 0 saturated heterocycles. The van der Waals surface area contributed by atoms with Gasteiger partial charge in [0.1, 0.15) is 0 Å². The second kappa shape index (κ2) is 7.28. The molecule has 1 aromatic rings. The van der Waals surface area contributed by atoms with E-state index in [-0.39, 0.29) is 6.08 Å². The van der Waals surface area contributed by atoms with Crippen molar-refractivity contribution in [1.82, 2.24) is 0 Å². The predicted octanol–water partition coefficient (Wildman–Crippen LogP) is 6.44. The van der Waals surface area contributed by atoms with Crippen LogP contribution in [0.3, 0.4) is 0 Å². The van der Waals surface area contributed by atoms with Gasteiger partial charge >= 0.3 is 12.4 Å². The first-order chi connectivity index (χ1) is 11.0. The summed E-state index contributed by atoms with van der Waals surface area (Å²) in [6, 6.07) is 4.39. The van der Waals surface area contributed by atoms with Crippen LogP contribution in [0.1, 0.15) is 25.0 Å². The fourth-order valence-corrected chi connectivity index (χ4v) is 2.33. The van der Waals surface area contributed by atoms with Gasteiger partial charge in [0.2, 0.25) is 5.41 Å². The molecular weight excluding hydrogens is 330 g/mol. The van der Waals surface area contributed by atoms with E-state index in [9.17, 15) is 26.3 Å². The van der Waals surface area contributed by atoms with Gasteiger partial charge in [-0.2, -0.15) is 26.3 Å². The van der Waals surface area contributed by atoms with Crippen molar-refractivity contribution in [3.8, 4) is 0 Å². The minimum atomic E-state index is -5.53. The lowest BCUT2D eigenvalue weighted by molar-refractivity contribution is -0.286. The summed E-state index contributed by atoms with van der Waals surface area (Å²) in [5, 5.41) is 0. The Kier molecular flexibility index (Phi) is 6.09. The minimum Gasteiger partial charge on any atom is -0.169 e. The molecule has 0 aliphatic rings. The minimum absolute atomic E-state index is 0.175. The Morgan fingerprint density at radius 2 is 1.58 bits per heavy atom. The molecule has 0 unspecified atom stereocenters. The summed E-state index contributed by atoms with van der Waals surface area (Å²) in [7, 11) is 0. The second-order valence-corrected chi connectivity index (χ2v) is 5.44. The normalized spacial score (nSPS) is 14.8. The largest absolute Gasteiger partial charge is 0.410 e. The molecule has 0 bridgehead atoms. The molecule has 0 radical (unpaired) electrons. The number of benzene rings is 1. The van der Waals surface area contributed by atoms with Crippen LogP contribution in [0.4, 0.5) is 26.3 Å². The van der Waals surface area contributed by atoms with Crippen molar-refractivity contribution < 1.29 is 26.3 Å². The van der Waals surface area contributed by atoms with Gasteiger partial charge < -0.3 is 0 Å². The van der Waals surface area contributed by atoms with Crippen LogP contribution in [-0.4, -0.2) is 12.4 Å². The van der Waals surface area contributed by atoms with E-state index in [1.807, 2.05) is 0 Å². The van der Waals surface area contributed by atoms with E-state index in [1.165, 1.54) is 25.1 Å². The number of alkyl halides is 6. The summed E-state index contributed by atoms with van der Waals surface area (Å²) < 4.78 is 81.3. The van der Waals surface area contributed by atoms with Crippen LogP contribution in [-0.2, 0) is 5.41 Å². The van der Waals surface area contributed by atoms with Gasteiger partial charge in [0.05, 0.1) is 0 Å². The smallest absolute Gasteiger partial charge is 0.169 e. The Labute approximate surface area is 137 Å². The van der Waals surface area contributed by atoms with Gasteiger partial charge in [-0.15, -0.1) is 0 Å². The van der Waals surface area contributed by atoms with Gasteiger partial charge in [-0.25, -0.2) is 0 Å². The highest BCUT2D eigenvalue weighted by Gasteiger charge is 2.70. The van der Waals surface area contributed by atoms with Gasteiger partial charge in [0, 0.05) is 0 Å². The molecule has 0 aliphatic heterocycles. The Bertz CT molecular complexity index is 630. The monoisotopic (exact) mass is 348 g/mol. The van der Waals surface area contributed by atoms with Gasteiger partial charge in [0.25, 0.3) is 0 Å². The topological polar surface area (TPSA) is 0 Å². The summed E-state index contributed by atoms with van der Waals surface area (Å²) in [5.74, 6) is 0.